The molecule has 3 aliphatic heterocycles. The van der Waals surface area contributed by atoms with Crippen LogP contribution in [0.2, 0.25) is 0 Å². The summed E-state index contributed by atoms with van der Waals surface area (Å²) < 4.78 is 7.37. The number of carbonyl (C=O) groups is 1. The van der Waals surface area contributed by atoms with Gasteiger partial charge in [-0.1, -0.05) is 46.8 Å². The molecule has 0 saturated carbocycles. The van der Waals surface area contributed by atoms with E-state index >= 15 is 0 Å². The lowest BCUT2D eigenvalue weighted by molar-refractivity contribution is -0.128. The summed E-state index contributed by atoms with van der Waals surface area (Å²) in [6.45, 7) is 8.41. The number of likely N-dealkylation sites (tertiary alicyclic amines) is 1. The molecule has 42 heavy (non-hydrogen) atoms. The van der Waals surface area contributed by atoms with E-state index in [-0.39, 0.29) is 18.4 Å². The Morgan fingerprint density at radius 1 is 1.14 bits per heavy atom. The number of hydrogen-bond donors (Lipinski definition) is 0. The molecule has 0 aliphatic carbocycles. The number of ether oxygens (including phenoxy) is 1. The highest BCUT2D eigenvalue weighted by Crippen LogP contribution is 2.37. The van der Waals surface area contributed by atoms with E-state index in [2.05, 4.69) is 86.7 Å². The van der Waals surface area contributed by atoms with Crippen LogP contribution >= 0.6 is 15.9 Å². The molecule has 2 aromatic carbocycles. The summed E-state index contributed by atoms with van der Waals surface area (Å²) in [4.78, 5) is 31.2. The largest absolute Gasteiger partial charge is 0.462 e. The number of piperazine rings is 1. The number of halogens is 1. The van der Waals surface area contributed by atoms with Gasteiger partial charge in [-0.15, -0.1) is 0 Å². The van der Waals surface area contributed by atoms with Gasteiger partial charge in [-0.2, -0.15) is 15.2 Å². The summed E-state index contributed by atoms with van der Waals surface area (Å²) in [5, 5.41) is 11.9. The lowest BCUT2D eigenvalue weighted by atomic mass is 10.0. The summed E-state index contributed by atoms with van der Waals surface area (Å²) in [5.74, 6) is 0.725. The molecule has 2 saturated heterocycles. The van der Waals surface area contributed by atoms with Crippen molar-refractivity contribution in [1.29, 1.82) is 5.26 Å². The number of hydrogen-bond acceptors (Lipinski definition) is 8. The number of nitrogens with zero attached hydrogens (tertiary/aromatic N) is 7. The first-order valence-corrected chi connectivity index (χ1v) is 15.5. The minimum Gasteiger partial charge on any atom is -0.462 e. The van der Waals surface area contributed by atoms with Gasteiger partial charge in [0.25, 0.3) is 0 Å². The Bertz CT molecular complexity index is 1530. The second-order valence-corrected chi connectivity index (χ2v) is 12.2. The molecule has 3 aliphatic rings. The fourth-order valence-electron chi connectivity index (χ4n) is 6.56. The van der Waals surface area contributed by atoms with Gasteiger partial charge >= 0.3 is 6.01 Å². The number of benzene rings is 2. The highest BCUT2D eigenvalue weighted by molar-refractivity contribution is 9.10. The molecular weight excluding hydrogens is 594 g/mol. The highest BCUT2D eigenvalue weighted by atomic mass is 79.9. The first-order chi connectivity index (χ1) is 20.5. The molecule has 10 heteroatoms. The van der Waals surface area contributed by atoms with Crippen molar-refractivity contribution in [3.8, 4) is 12.1 Å². The fraction of sp³-hybridized carbons (Fsp3) is 0.438. The minimum atomic E-state index is -0.232. The Morgan fingerprint density at radius 2 is 1.98 bits per heavy atom. The average Bonchev–Trinajstić information content (AvgIpc) is 3.43. The van der Waals surface area contributed by atoms with E-state index in [4.69, 9.17) is 14.7 Å². The van der Waals surface area contributed by atoms with Crippen molar-refractivity contribution in [3.05, 3.63) is 64.8 Å². The maximum Gasteiger partial charge on any atom is 0.318 e. The number of amides is 1. The zero-order valence-corrected chi connectivity index (χ0v) is 25.6. The Kier molecular flexibility index (Phi) is 8.31. The minimum absolute atomic E-state index is 0.138. The zero-order valence-electron chi connectivity index (χ0n) is 24.0. The van der Waals surface area contributed by atoms with Crippen molar-refractivity contribution in [2.24, 2.45) is 0 Å². The molecule has 0 spiro atoms. The second kappa shape index (κ2) is 12.3. The Balaban J connectivity index is 1.34. The summed E-state index contributed by atoms with van der Waals surface area (Å²) in [6.07, 6.45) is 4.65. The number of anilines is 2. The van der Waals surface area contributed by atoms with Gasteiger partial charge in [0.15, 0.2) is 0 Å². The number of nitriles is 1. The molecule has 2 fully saturated rings. The Morgan fingerprint density at radius 3 is 2.74 bits per heavy atom. The number of rotatable bonds is 7. The van der Waals surface area contributed by atoms with Gasteiger partial charge < -0.3 is 24.3 Å². The maximum atomic E-state index is 12.5. The van der Waals surface area contributed by atoms with Crippen LogP contribution in [0.3, 0.4) is 0 Å². The van der Waals surface area contributed by atoms with Crippen LogP contribution in [0.4, 0.5) is 11.5 Å². The van der Waals surface area contributed by atoms with E-state index in [0.717, 1.165) is 47.5 Å². The highest BCUT2D eigenvalue weighted by Gasteiger charge is 2.33. The van der Waals surface area contributed by atoms with Crippen molar-refractivity contribution >= 4 is 44.1 Å². The van der Waals surface area contributed by atoms with E-state index in [1.165, 1.54) is 29.0 Å². The Hall–Kier alpha value is -3.68. The van der Waals surface area contributed by atoms with E-state index < -0.39 is 0 Å². The molecule has 6 rings (SSSR count). The Labute approximate surface area is 255 Å². The van der Waals surface area contributed by atoms with Crippen molar-refractivity contribution in [2.45, 2.75) is 44.3 Å². The summed E-state index contributed by atoms with van der Waals surface area (Å²) >= 11 is 3.78. The molecule has 0 radical (unpaired) electrons. The molecule has 2 atom stereocenters. The summed E-state index contributed by atoms with van der Waals surface area (Å²) in [6, 6.07) is 15.5. The first kappa shape index (κ1) is 28.4. The monoisotopic (exact) mass is 629 g/mol. The topological polar surface area (TPSA) is 88.8 Å². The van der Waals surface area contributed by atoms with Crippen LogP contribution in [-0.2, 0) is 17.8 Å². The molecule has 0 unspecified atom stereocenters. The lowest BCUT2D eigenvalue weighted by Gasteiger charge is -2.42. The van der Waals surface area contributed by atoms with Gasteiger partial charge in [0, 0.05) is 53.3 Å². The van der Waals surface area contributed by atoms with Crippen LogP contribution in [0.15, 0.2) is 53.5 Å². The molecule has 1 aromatic heterocycles. The van der Waals surface area contributed by atoms with Crippen LogP contribution in [0.25, 0.3) is 10.8 Å². The second-order valence-electron chi connectivity index (χ2n) is 11.3. The van der Waals surface area contributed by atoms with E-state index in [9.17, 15) is 10.1 Å². The quantitative estimate of drug-likeness (QED) is 0.352. The molecule has 0 bridgehead atoms. The van der Waals surface area contributed by atoms with Crippen molar-refractivity contribution < 1.29 is 9.53 Å². The van der Waals surface area contributed by atoms with Crippen LogP contribution < -0.4 is 14.5 Å². The van der Waals surface area contributed by atoms with E-state index in [1.807, 2.05) is 0 Å². The fourth-order valence-corrected chi connectivity index (χ4v) is 7.14. The van der Waals surface area contributed by atoms with Gasteiger partial charge in [-0.05, 0) is 56.4 Å². The van der Waals surface area contributed by atoms with Gasteiger partial charge in [0.2, 0.25) is 5.91 Å². The van der Waals surface area contributed by atoms with Crippen molar-refractivity contribution in [2.75, 3.05) is 56.2 Å². The van der Waals surface area contributed by atoms with Gasteiger partial charge in [-0.25, -0.2) is 0 Å². The van der Waals surface area contributed by atoms with E-state index in [1.54, 1.807) is 4.90 Å². The van der Waals surface area contributed by atoms with Gasteiger partial charge in [0.05, 0.1) is 30.8 Å². The standard InChI is InChI=1S/C32H36BrN7O2/c1-3-29(41)40-18-17-39(19-23(40)12-14-34)31-25-13-16-38(28-11-5-8-22-7-4-10-26(33)30(22)28)20-27(25)35-32(36-31)42-21-24-9-6-15-37(24)2/h3-5,7-8,10-11,23-24H,1,6,9,12-13,15-21H2,2H3/t23-,24-/m0/s1. The third-order valence-electron chi connectivity index (χ3n) is 8.84. The molecule has 9 nitrogen and oxygen atoms in total. The van der Waals surface area contributed by atoms with Crippen LogP contribution in [-0.4, -0.2) is 84.1 Å². The van der Waals surface area contributed by atoms with E-state index in [0.29, 0.717) is 44.8 Å². The molecule has 3 aromatic rings. The average molecular weight is 631 g/mol. The molecule has 1 amide bonds. The predicted octanol–water partition coefficient (Wildman–Crippen LogP) is 4.54. The number of likely N-dealkylation sites (N-methyl/N-ethyl adjacent to an activating group) is 1. The third-order valence-corrected chi connectivity index (χ3v) is 9.50. The molecule has 4 heterocycles. The van der Waals surface area contributed by atoms with Crippen molar-refractivity contribution in [1.82, 2.24) is 19.8 Å². The third kappa shape index (κ3) is 5.55. The maximum absolute atomic E-state index is 12.5. The normalized spacial score (nSPS) is 20.8. The zero-order chi connectivity index (χ0) is 29.2. The number of aromatic nitrogens is 2. The number of carbonyl (C=O) groups excluding carboxylic acids is 1. The lowest BCUT2D eigenvalue weighted by Crippen LogP contribution is -2.55. The van der Waals surface area contributed by atoms with Crippen LogP contribution in [0.5, 0.6) is 6.01 Å². The van der Waals surface area contributed by atoms with Crippen LogP contribution in [0.1, 0.15) is 30.5 Å². The van der Waals surface area contributed by atoms with Crippen molar-refractivity contribution in [3.63, 3.8) is 0 Å². The SMILES string of the molecule is C=CC(=O)N1CCN(c2nc(OC[C@@H]3CCCN3C)nc3c2CCN(c2cccc4cccc(Br)c24)C3)C[C@@H]1CC#N. The molecule has 218 valence electrons. The number of fused-ring (bicyclic) bond motifs is 2. The first-order valence-electron chi connectivity index (χ1n) is 14.7. The van der Waals surface area contributed by atoms with Gasteiger partial charge in [-0.3, -0.25) is 4.79 Å². The summed E-state index contributed by atoms with van der Waals surface area (Å²) in [7, 11) is 2.14. The van der Waals surface area contributed by atoms with Crippen LogP contribution in [0, 0.1) is 11.3 Å². The smallest absolute Gasteiger partial charge is 0.318 e. The predicted molar refractivity (Wildman–Crippen MR) is 168 cm³/mol. The summed E-state index contributed by atoms with van der Waals surface area (Å²) in [5.41, 5.74) is 3.26. The van der Waals surface area contributed by atoms with Gasteiger partial charge in [0.1, 0.15) is 12.4 Å². The molecule has 0 N–H and O–H groups in total. The molecular formula is C32H36BrN7O2.